The molecule has 1 unspecified atom stereocenters. The van der Waals surface area contributed by atoms with Crippen molar-refractivity contribution < 1.29 is 9.26 Å². The second kappa shape index (κ2) is 9.55. The summed E-state index contributed by atoms with van der Waals surface area (Å²) in [6, 6.07) is 5.95. The van der Waals surface area contributed by atoms with Gasteiger partial charge in [-0.1, -0.05) is 37.5 Å². The zero-order chi connectivity index (χ0) is 21.7. The molecule has 1 atom stereocenters. The largest absolute Gasteiger partial charge is 0.495 e. The van der Waals surface area contributed by atoms with Gasteiger partial charge in [-0.15, -0.1) is 0 Å². The molecule has 2 aromatic rings. The Labute approximate surface area is 183 Å². The first kappa shape index (κ1) is 22.2. The number of hydrogen-bond donors (Lipinski definition) is 2. The van der Waals surface area contributed by atoms with Crippen LogP contribution in [-0.4, -0.2) is 48.9 Å². The minimum atomic E-state index is -0.174. The maximum atomic E-state index is 6.20. The molecule has 1 saturated heterocycles. The van der Waals surface area contributed by atoms with Crippen molar-refractivity contribution in [3.05, 3.63) is 34.9 Å². The summed E-state index contributed by atoms with van der Waals surface area (Å²) < 4.78 is 10.9. The normalized spacial score (nSPS) is 17.3. The van der Waals surface area contributed by atoms with Gasteiger partial charge in [0.25, 0.3) is 0 Å². The molecule has 0 bridgehead atoms. The highest BCUT2D eigenvalue weighted by Crippen LogP contribution is 2.33. The Bertz CT molecular complexity index is 877. The van der Waals surface area contributed by atoms with Gasteiger partial charge in [0, 0.05) is 36.1 Å². The third-order valence-electron chi connectivity index (χ3n) is 4.84. The van der Waals surface area contributed by atoms with Gasteiger partial charge >= 0.3 is 0 Å². The van der Waals surface area contributed by atoms with Crippen LogP contribution in [0.15, 0.2) is 27.7 Å². The fourth-order valence-electron chi connectivity index (χ4n) is 3.29. The SMILES string of the molecule is CCNC(=NCc1noc(C(C)(C)C)n1)NC1CCN(c2cc(Cl)ccc2OC)C1. The third-order valence-corrected chi connectivity index (χ3v) is 5.08. The van der Waals surface area contributed by atoms with Crippen LogP contribution in [0.4, 0.5) is 5.69 Å². The van der Waals surface area contributed by atoms with Crippen molar-refractivity contribution >= 4 is 23.2 Å². The topological polar surface area (TPSA) is 87.8 Å². The molecule has 164 valence electrons. The van der Waals surface area contributed by atoms with Crippen molar-refractivity contribution in [3.8, 4) is 5.75 Å². The third kappa shape index (κ3) is 5.56. The molecule has 2 N–H and O–H groups in total. The number of benzene rings is 1. The maximum Gasteiger partial charge on any atom is 0.232 e. The van der Waals surface area contributed by atoms with Gasteiger partial charge in [-0.2, -0.15) is 4.98 Å². The molecule has 2 heterocycles. The van der Waals surface area contributed by atoms with E-state index >= 15 is 0 Å². The number of methoxy groups -OCH3 is 1. The van der Waals surface area contributed by atoms with Crippen LogP contribution in [0.2, 0.25) is 5.02 Å². The molecular formula is C21H31ClN6O2. The van der Waals surface area contributed by atoms with E-state index in [1.165, 1.54) is 0 Å². The van der Waals surface area contributed by atoms with Crippen molar-refractivity contribution in [2.75, 3.05) is 31.6 Å². The lowest BCUT2D eigenvalue weighted by molar-refractivity contribution is 0.318. The summed E-state index contributed by atoms with van der Waals surface area (Å²) >= 11 is 6.20. The Balaban J connectivity index is 1.64. The smallest absolute Gasteiger partial charge is 0.232 e. The van der Waals surface area contributed by atoms with E-state index in [1.807, 2.05) is 45.9 Å². The van der Waals surface area contributed by atoms with Crippen LogP contribution in [0, 0.1) is 0 Å². The number of aliphatic imine (C=N–C) groups is 1. The molecule has 0 amide bonds. The number of guanidine groups is 1. The number of rotatable bonds is 6. The molecule has 3 rings (SSSR count). The molecule has 0 radical (unpaired) electrons. The number of nitrogens with zero attached hydrogens (tertiary/aromatic N) is 4. The molecule has 8 nitrogen and oxygen atoms in total. The summed E-state index contributed by atoms with van der Waals surface area (Å²) in [5.41, 5.74) is 0.838. The predicted octanol–water partition coefficient (Wildman–Crippen LogP) is 3.36. The molecule has 1 fully saturated rings. The molecule has 1 aliphatic heterocycles. The van der Waals surface area contributed by atoms with E-state index in [-0.39, 0.29) is 11.5 Å². The van der Waals surface area contributed by atoms with E-state index in [1.54, 1.807) is 7.11 Å². The van der Waals surface area contributed by atoms with Crippen LogP contribution >= 0.6 is 11.6 Å². The molecule has 30 heavy (non-hydrogen) atoms. The fraction of sp³-hybridized carbons (Fsp3) is 0.571. The second-order valence-corrected chi connectivity index (χ2v) is 8.79. The Morgan fingerprint density at radius 1 is 1.40 bits per heavy atom. The highest BCUT2D eigenvalue weighted by atomic mass is 35.5. The van der Waals surface area contributed by atoms with Gasteiger partial charge in [0.15, 0.2) is 11.8 Å². The number of anilines is 1. The lowest BCUT2D eigenvalue weighted by Crippen LogP contribution is -2.44. The van der Waals surface area contributed by atoms with E-state index in [2.05, 4.69) is 30.7 Å². The highest BCUT2D eigenvalue weighted by molar-refractivity contribution is 6.30. The molecule has 1 aromatic heterocycles. The molecule has 1 aliphatic rings. The van der Waals surface area contributed by atoms with Crippen molar-refractivity contribution in [1.82, 2.24) is 20.8 Å². The van der Waals surface area contributed by atoms with Crippen molar-refractivity contribution in [2.45, 2.75) is 52.1 Å². The Hall–Kier alpha value is -2.48. The zero-order valence-corrected chi connectivity index (χ0v) is 19.1. The van der Waals surface area contributed by atoms with Gasteiger partial charge < -0.3 is 24.8 Å². The molecule has 0 saturated carbocycles. The molecule has 1 aromatic carbocycles. The quantitative estimate of drug-likeness (QED) is 0.532. The van der Waals surface area contributed by atoms with Gasteiger partial charge in [-0.05, 0) is 31.5 Å². The number of ether oxygens (including phenoxy) is 1. The van der Waals surface area contributed by atoms with Crippen molar-refractivity contribution in [1.29, 1.82) is 0 Å². The van der Waals surface area contributed by atoms with E-state index in [0.29, 0.717) is 23.3 Å². The van der Waals surface area contributed by atoms with Crippen molar-refractivity contribution in [3.63, 3.8) is 0 Å². The second-order valence-electron chi connectivity index (χ2n) is 8.35. The van der Waals surface area contributed by atoms with Crippen LogP contribution in [0.25, 0.3) is 0 Å². The zero-order valence-electron chi connectivity index (χ0n) is 18.3. The van der Waals surface area contributed by atoms with Crippen LogP contribution in [0.3, 0.4) is 0 Å². The minimum Gasteiger partial charge on any atom is -0.495 e. The van der Waals surface area contributed by atoms with E-state index in [4.69, 9.17) is 20.9 Å². The Morgan fingerprint density at radius 3 is 2.87 bits per heavy atom. The number of nitrogens with one attached hydrogen (secondary N) is 2. The van der Waals surface area contributed by atoms with Gasteiger partial charge in [-0.3, -0.25) is 0 Å². The monoisotopic (exact) mass is 434 g/mol. The number of halogens is 1. The first-order valence-corrected chi connectivity index (χ1v) is 10.6. The average Bonchev–Trinajstić information content (AvgIpc) is 3.36. The van der Waals surface area contributed by atoms with E-state index in [9.17, 15) is 0 Å². The van der Waals surface area contributed by atoms with Crippen LogP contribution in [0.5, 0.6) is 5.75 Å². The maximum absolute atomic E-state index is 6.20. The number of aromatic nitrogens is 2. The van der Waals surface area contributed by atoms with Gasteiger partial charge in [-0.25, -0.2) is 4.99 Å². The van der Waals surface area contributed by atoms with Gasteiger partial charge in [0.1, 0.15) is 12.3 Å². The van der Waals surface area contributed by atoms with Crippen molar-refractivity contribution in [2.24, 2.45) is 4.99 Å². The van der Waals surface area contributed by atoms with Crippen LogP contribution in [-0.2, 0) is 12.0 Å². The lowest BCUT2D eigenvalue weighted by atomic mass is 9.97. The summed E-state index contributed by atoms with van der Waals surface area (Å²) in [7, 11) is 1.68. The predicted molar refractivity (Wildman–Crippen MR) is 120 cm³/mol. The van der Waals surface area contributed by atoms with Gasteiger partial charge in [0.2, 0.25) is 5.89 Å². The average molecular weight is 435 g/mol. The van der Waals surface area contributed by atoms with E-state index in [0.717, 1.165) is 43.5 Å². The number of hydrogen-bond acceptors (Lipinski definition) is 6. The minimum absolute atomic E-state index is 0.174. The lowest BCUT2D eigenvalue weighted by Gasteiger charge is -2.22. The summed E-state index contributed by atoms with van der Waals surface area (Å²) in [5.74, 6) is 2.76. The summed E-state index contributed by atoms with van der Waals surface area (Å²) in [4.78, 5) is 11.4. The summed E-state index contributed by atoms with van der Waals surface area (Å²) in [5, 5.41) is 11.5. The Kier molecular flexibility index (Phi) is 7.07. The Morgan fingerprint density at radius 2 is 2.20 bits per heavy atom. The molecular weight excluding hydrogens is 404 g/mol. The first-order valence-electron chi connectivity index (χ1n) is 10.3. The fourth-order valence-corrected chi connectivity index (χ4v) is 3.46. The first-order chi connectivity index (χ1) is 14.3. The van der Waals surface area contributed by atoms with Crippen LogP contribution < -0.4 is 20.3 Å². The van der Waals surface area contributed by atoms with Gasteiger partial charge in [0.05, 0.1) is 12.8 Å². The molecule has 0 aliphatic carbocycles. The standard InChI is InChI=1S/C21H31ClN6O2/c1-6-23-20(24-12-18-26-19(30-27-18)21(2,3)4)25-15-9-10-28(13-15)16-11-14(22)7-8-17(16)29-5/h7-8,11,15H,6,9-10,12-13H2,1-5H3,(H2,23,24,25). The summed E-state index contributed by atoms with van der Waals surface area (Å²) in [6.45, 7) is 11.0. The molecule has 9 heteroatoms. The highest BCUT2D eigenvalue weighted by Gasteiger charge is 2.26. The molecule has 0 spiro atoms. The van der Waals surface area contributed by atoms with E-state index < -0.39 is 0 Å². The summed E-state index contributed by atoms with van der Waals surface area (Å²) in [6.07, 6.45) is 0.983. The van der Waals surface area contributed by atoms with Crippen LogP contribution in [0.1, 0.15) is 45.8 Å².